The first-order chi connectivity index (χ1) is 18.7. The lowest BCUT2D eigenvalue weighted by atomic mass is 9.96. The van der Waals surface area contributed by atoms with E-state index in [1.54, 1.807) is 38.2 Å². The summed E-state index contributed by atoms with van der Waals surface area (Å²) < 4.78 is 5.97. The Kier molecular flexibility index (Phi) is 8.55. The molecule has 3 fully saturated rings. The van der Waals surface area contributed by atoms with Crippen molar-refractivity contribution >= 4 is 40.8 Å². The average molecular weight is 575 g/mol. The number of carbonyl (C=O) groups is 2. The van der Waals surface area contributed by atoms with Crippen LogP contribution in [0.1, 0.15) is 62.7 Å². The van der Waals surface area contributed by atoms with Crippen molar-refractivity contribution in [3.8, 4) is 5.75 Å². The molecular formula is C29H37Cl2N5O3. The number of pyridine rings is 1. The molecule has 0 aliphatic carbocycles. The molecule has 3 aliphatic heterocycles. The van der Waals surface area contributed by atoms with Crippen LogP contribution in [0.15, 0.2) is 36.5 Å². The van der Waals surface area contributed by atoms with E-state index in [4.69, 9.17) is 27.9 Å². The molecule has 2 atom stereocenters. The van der Waals surface area contributed by atoms with Crippen molar-refractivity contribution in [3.05, 3.63) is 52.1 Å². The molecule has 2 N–H and O–H groups in total. The number of hydrogen-bond acceptors (Lipinski definition) is 6. The van der Waals surface area contributed by atoms with Crippen LogP contribution in [0.5, 0.6) is 5.75 Å². The predicted octanol–water partition coefficient (Wildman–Crippen LogP) is 4.69. The van der Waals surface area contributed by atoms with E-state index in [1.807, 2.05) is 12.1 Å². The number of amides is 2. The minimum Gasteiger partial charge on any atom is -0.476 e. The summed E-state index contributed by atoms with van der Waals surface area (Å²) in [5.41, 5.74) is -0.516. The number of hydrogen-bond donors (Lipinski definition) is 2. The van der Waals surface area contributed by atoms with Crippen LogP contribution in [0.3, 0.4) is 0 Å². The summed E-state index contributed by atoms with van der Waals surface area (Å²) >= 11 is 12.2. The fourth-order valence-corrected chi connectivity index (χ4v) is 6.46. The van der Waals surface area contributed by atoms with Crippen LogP contribution in [0.25, 0.3) is 0 Å². The highest BCUT2D eigenvalue weighted by atomic mass is 35.5. The molecule has 2 bridgehead atoms. The lowest BCUT2D eigenvalue weighted by Crippen LogP contribution is -2.55. The number of nitrogens with zero attached hydrogens (tertiary/aromatic N) is 3. The molecule has 0 radical (unpaired) electrons. The van der Waals surface area contributed by atoms with Gasteiger partial charge in [0.1, 0.15) is 11.6 Å². The first-order valence-corrected chi connectivity index (χ1v) is 14.6. The van der Waals surface area contributed by atoms with Gasteiger partial charge >= 0.3 is 0 Å². The van der Waals surface area contributed by atoms with Crippen molar-refractivity contribution in [2.24, 2.45) is 0 Å². The van der Waals surface area contributed by atoms with Gasteiger partial charge in [0.15, 0.2) is 5.60 Å². The zero-order valence-electron chi connectivity index (χ0n) is 22.6. The fourth-order valence-electron chi connectivity index (χ4n) is 6.02. The van der Waals surface area contributed by atoms with Crippen molar-refractivity contribution in [3.63, 3.8) is 0 Å². The van der Waals surface area contributed by atoms with E-state index in [2.05, 4.69) is 25.4 Å². The van der Waals surface area contributed by atoms with E-state index in [0.717, 1.165) is 51.1 Å². The molecule has 0 spiro atoms. The Morgan fingerprint density at radius 2 is 1.79 bits per heavy atom. The Labute approximate surface area is 240 Å². The van der Waals surface area contributed by atoms with Crippen LogP contribution in [0.4, 0.5) is 5.82 Å². The van der Waals surface area contributed by atoms with Crippen molar-refractivity contribution in [1.29, 1.82) is 0 Å². The number of nitrogens with one attached hydrogen (secondary N) is 2. The maximum atomic E-state index is 13.2. The average Bonchev–Trinajstić information content (AvgIpc) is 3.51. The van der Waals surface area contributed by atoms with E-state index in [0.29, 0.717) is 27.9 Å². The summed E-state index contributed by atoms with van der Waals surface area (Å²) in [5.74, 6) is 1.06. The molecule has 39 heavy (non-hydrogen) atoms. The number of ether oxygens (including phenoxy) is 1. The van der Waals surface area contributed by atoms with Gasteiger partial charge in [-0.3, -0.25) is 9.59 Å². The smallest absolute Gasteiger partial charge is 0.263 e. The third-order valence-corrected chi connectivity index (χ3v) is 8.59. The minimum atomic E-state index is -1.10. The number of rotatable bonds is 9. The number of halogens is 2. The first-order valence-electron chi connectivity index (χ1n) is 13.9. The van der Waals surface area contributed by atoms with Crippen LogP contribution in [-0.4, -0.2) is 71.6 Å². The summed E-state index contributed by atoms with van der Waals surface area (Å²) in [7, 11) is 0. The molecule has 10 heteroatoms. The molecule has 1 aromatic carbocycles. The van der Waals surface area contributed by atoms with Gasteiger partial charge in [0, 0.05) is 42.4 Å². The van der Waals surface area contributed by atoms with Crippen molar-refractivity contribution in [2.75, 3.05) is 31.1 Å². The van der Waals surface area contributed by atoms with Crippen molar-refractivity contribution in [1.82, 2.24) is 20.5 Å². The summed E-state index contributed by atoms with van der Waals surface area (Å²) in [6.07, 6.45) is 7.94. The highest BCUT2D eigenvalue weighted by Gasteiger charge is 2.43. The van der Waals surface area contributed by atoms with E-state index in [-0.39, 0.29) is 29.9 Å². The van der Waals surface area contributed by atoms with Gasteiger partial charge in [-0.15, -0.1) is 0 Å². The fraction of sp³-hybridized carbons (Fsp3) is 0.552. The molecule has 2 amide bonds. The van der Waals surface area contributed by atoms with Crippen LogP contribution >= 0.6 is 23.2 Å². The summed E-state index contributed by atoms with van der Waals surface area (Å²) in [6, 6.07) is 9.40. The van der Waals surface area contributed by atoms with Gasteiger partial charge in [-0.25, -0.2) is 4.98 Å². The van der Waals surface area contributed by atoms with E-state index in [9.17, 15) is 9.59 Å². The first kappa shape index (κ1) is 28.0. The molecular weight excluding hydrogens is 537 g/mol. The zero-order chi connectivity index (χ0) is 27.6. The zero-order valence-corrected chi connectivity index (χ0v) is 24.1. The Morgan fingerprint density at radius 3 is 2.44 bits per heavy atom. The lowest BCUT2D eigenvalue weighted by molar-refractivity contribution is -0.135. The molecule has 3 saturated heterocycles. The van der Waals surface area contributed by atoms with Crippen LogP contribution in [-0.2, 0) is 4.79 Å². The quantitative estimate of drug-likeness (QED) is 0.452. The summed E-state index contributed by atoms with van der Waals surface area (Å²) in [4.78, 5) is 35.2. The van der Waals surface area contributed by atoms with Gasteiger partial charge in [0.25, 0.3) is 11.8 Å². The molecule has 8 nitrogen and oxygen atoms in total. The molecule has 1 aromatic heterocycles. The number of piperidine rings is 1. The topological polar surface area (TPSA) is 86.8 Å². The number of likely N-dealkylation sites (tertiary alicyclic amines) is 1. The molecule has 2 unspecified atom stereocenters. The molecule has 0 saturated carbocycles. The van der Waals surface area contributed by atoms with Gasteiger partial charge in [-0.2, -0.15) is 0 Å². The Bertz CT molecular complexity index is 1170. The van der Waals surface area contributed by atoms with Gasteiger partial charge in [-0.05, 0) is 95.8 Å². The number of anilines is 1. The highest BCUT2D eigenvalue weighted by Crippen LogP contribution is 2.39. The Hall–Kier alpha value is -2.55. The molecule has 3 aliphatic rings. The van der Waals surface area contributed by atoms with Crippen molar-refractivity contribution < 1.29 is 14.3 Å². The van der Waals surface area contributed by atoms with Gasteiger partial charge in [-0.1, -0.05) is 23.2 Å². The van der Waals surface area contributed by atoms with Crippen molar-refractivity contribution in [2.45, 2.75) is 76.1 Å². The van der Waals surface area contributed by atoms with Gasteiger partial charge < -0.3 is 25.2 Å². The largest absolute Gasteiger partial charge is 0.476 e. The third-order valence-electron chi connectivity index (χ3n) is 8.06. The minimum absolute atomic E-state index is 0.0514. The van der Waals surface area contributed by atoms with E-state index >= 15 is 0 Å². The Morgan fingerprint density at radius 1 is 1.08 bits per heavy atom. The summed E-state index contributed by atoms with van der Waals surface area (Å²) in [6.45, 7) is 7.27. The standard InChI is InChI=1S/C29H37Cl2N5O3/c1-29(2,39-25-9-6-20(30)15-24(25)31)28(38)34-21-16-22-7-8-23(17-21)36(22)26-10-5-19(18-33-26)27(37)32-11-14-35-12-3-4-13-35/h5-6,9-10,15,18,21-23H,3-4,7-8,11-14,16-17H2,1-2H3,(H,32,37)(H,34,38). The Balaban J connectivity index is 1.14. The summed E-state index contributed by atoms with van der Waals surface area (Å²) in [5, 5.41) is 7.10. The van der Waals surface area contributed by atoms with Crippen LogP contribution in [0, 0.1) is 0 Å². The lowest BCUT2D eigenvalue weighted by Gasteiger charge is -2.40. The number of carbonyl (C=O) groups excluding carboxylic acids is 2. The monoisotopic (exact) mass is 573 g/mol. The van der Waals surface area contributed by atoms with Crippen LogP contribution in [0.2, 0.25) is 10.0 Å². The third kappa shape index (κ3) is 6.61. The predicted molar refractivity (Wildman–Crippen MR) is 154 cm³/mol. The van der Waals surface area contributed by atoms with E-state index < -0.39 is 5.60 Å². The number of benzene rings is 1. The second-order valence-corrected chi connectivity index (χ2v) is 12.2. The SMILES string of the molecule is CC(C)(Oc1ccc(Cl)cc1Cl)C(=O)NC1CC2CCC(C1)N2c1ccc(C(=O)NCCN2CCCC2)cn1. The maximum Gasteiger partial charge on any atom is 0.263 e. The molecule has 4 heterocycles. The van der Waals surface area contributed by atoms with Gasteiger partial charge in [0.2, 0.25) is 0 Å². The number of fused-ring (bicyclic) bond motifs is 2. The van der Waals surface area contributed by atoms with Gasteiger partial charge in [0.05, 0.1) is 10.6 Å². The highest BCUT2D eigenvalue weighted by molar-refractivity contribution is 6.35. The molecule has 2 aromatic rings. The number of aromatic nitrogens is 1. The molecule has 5 rings (SSSR count). The second-order valence-electron chi connectivity index (χ2n) is 11.3. The normalized spacial score (nSPS) is 23.1. The molecule has 210 valence electrons. The van der Waals surface area contributed by atoms with Crippen LogP contribution < -0.4 is 20.3 Å². The maximum absolute atomic E-state index is 13.2. The van der Waals surface area contributed by atoms with E-state index in [1.165, 1.54) is 12.8 Å². The second kappa shape index (κ2) is 11.9.